The molecule has 0 aromatic carbocycles. The highest BCUT2D eigenvalue weighted by molar-refractivity contribution is 6.29. The minimum absolute atomic E-state index is 0.225. The fraction of sp³-hybridized carbons (Fsp3) is 0.500. The number of esters is 2. The lowest BCUT2D eigenvalue weighted by Gasteiger charge is -2.26. The lowest BCUT2D eigenvalue weighted by Crippen LogP contribution is -2.48. The Balaban J connectivity index is 4.40. The third kappa shape index (κ3) is 8.72. The van der Waals surface area contributed by atoms with E-state index in [-0.39, 0.29) is 13.2 Å². The maximum Gasteiger partial charge on any atom is 0.417 e. The number of carbonyl (C=O) groups excluding carboxylic acids is 4. The van der Waals surface area contributed by atoms with Crippen LogP contribution >= 0.6 is 0 Å². The summed E-state index contributed by atoms with van der Waals surface area (Å²) in [5.41, 5.74) is -1.75. The molecule has 0 rings (SSSR count). The van der Waals surface area contributed by atoms with Gasteiger partial charge >= 0.3 is 11.9 Å². The average molecular weight is 340 g/mol. The zero-order valence-corrected chi connectivity index (χ0v) is 14.4. The van der Waals surface area contributed by atoms with E-state index in [1.54, 1.807) is 27.7 Å². The van der Waals surface area contributed by atoms with Crippen LogP contribution in [0.15, 0.2) is 25.3 Å². The Kier molecular flexibility index (Phi) is 7.88. The predicted octanol–water partition coefficient (Wildman–Crippen LogP) is 0.234. The molecule has 0 aromatic heterocycles. The van der Waals surface area contributed by atoms with E-state index in [2.05, 4.69) is 23.8 Å². The Hall–Kier alpha value is -2.64. The van der Waals surface area contributed by atoms with Gasteiger partial charge < -0.3 is 20.1 Å². The summed E-state index contributed by atoms with van der Waals surface area (Å²) in [6, 6.07) is 0. The second-order valence-electron chi connectivity index (χ2n) is 6.31. The fourth-order valence-corrected chi connectivity index (χ4v) is 1.45. The van der Waals surface area contributed by atoms with E-state index in [9.17, 15) is 19.2 Å². The van der Waals surface area contributed by atoms with Crippen molar-refractivity contribution in [2.75, 3.05) is 13.2 Å². The van der Waals surface area contributed by atoms with Crippen LogP contribution in [-0.4, -0.2) is 48.0 Å². The van der Waals surface area contributed by atoms with Crippen molar-refractivity contribution in [2.45, 2.75) is 38.8 Å². The highest BCUT2D eigenvalue weighted by Gasteiger charge is 2.27. The molecule has 0 heterocycles. The molecule has 2 amide bonds. The number of ether oxygens (including phenoxy) is 2. The van der Waals surface area contributed by atoms with Crippen LogP contribution in [0.25, 0.3) is 0 Å². The molecule has 8 nitrogen and oxygen atoms in total. The molecule has 0 fully saturated rings. The number of amides is 2. The minimum atomic E-state index is -1.19. The van der Waals surface area contributed by atoms with E-state index in [0.717, 1.165) is 12.2 Å². The first-order chi connectivity index (χ1) is 10.9. The zero-order chi connectivity index (χ0) is 19.0. The highest BCUT2D eigenvalue weighted by Crippen LogP contribution is 2.06. The molecule has 0 radical (unpaired) electrons. The van der Waals surface area contributed by atoms with Crippen molar-refractivity contribution in [3.8, 4) is 0 Å². The van der Waals surface area contributed by atoms with Crippen LogP contribution in [0.3, 0.4) is 0 Å². The number of carbonyl (C=O) groups is 4. The molecule has 0 aliphatic carbocycles. The van der Waals surface area contributed by atoms with Crippen molar-refractivity contribution >= 4 is 23.8 Å². The summed E-state index contributed by atoms with van der Waals surface area (Å²) in [5.74, 6) is -3.25. The summed E-state index contributed by atoms with van der Waals surface area (Å²) in [5, 5.41) is 5.08. The summed E-state index contributed by atoms with van der Waals surface area (Å²) in [4.78, 5) is 45.7. The molecule has 0 spiro atoms. The van der Waals surface area contributed by atoms with Gasteiger partial charge in [0.05, 0.1) is 11.1 Å². The van der Waals surface area contributed by atoms with E-state index in [4.69, 9.17) is 9.47 Å². The van der Waals surface area contributed by atoms with E-state index in [1.165, 1.54) is 0 Å². The van der Waals surface area contributed by atoms with Crippen LogP contribution in [0.5, 0.6) is 0 Å². The number of hydrogen-bond donors (Lipinski definition) is 2. The SMILES string of the molecule is C=CC(=O)NC(C)(C)COC(=O)C(=O)OCC(C)(C)NC(=O)C=C. The summed E-state index contributed by atoms with van der Waals surface area (Å²) in [6.07, 6.45) is 2.16. The fourth-order valence-electron chi connectivity index (χ4n) is 1.45. The number of nitrogens with one attached hydrogen (secondary N) is 2. The van der Waals surface area contributed by atoms with Gasteiger partial charge in [0, 0.05) is 0 Å². The Morgan fingerprint density at radius 1 is 0.792 bits per heavy atom. The van der Waals surface area contributed by atoms with Crippen molar-refractivity contribution < 1.29 is 28.7 Å². The van der Waals surface area contributed by atoms with Crippen molar-refractivity contribution in [2.24, 2.45) is 0 Å². The van der Waals surface area contributed by atoms with Crippen LogP contribution in [0.2, 0.25) is 0 Å². The molecule has 0 saturated heterocycles. The van der Waals surface area contributed by atoms with Gasteiger partial charge in [0.2, 0.25) is 11.8 Å². The predicted molar refractivity (Wildman–Crippen MR) is 86.8 cm³/mol. The molecule has 0 saturated carbocycles. The maximum atomic E-state index is 11.6. The lowest BCUT2D eigenvalue weighted by molar-refractivity contribution is -0.170. The smallest absolute Gasteiger partial charge is 0.417 e. The van der Waals surface area contributed by atoms with Gasteiger partial charge in [-0.25, -0.2) is 9.59 Å². The standard InChI is InChI=1S/C16H24N2O6/c1-7-11(19)17-15(3,4)9-23-13(21)14(22)24-10-16(5,6)18-12(20)8-2/h7-8H,1-2,9-10H2,3-6H3,(H,17,19)(H,18,20). The van der Waals surface area contributed by atoms with E-state index in [0.29, 0.717) is 0 Å². The normalized spacial score (nSPS) is 11.0. The summed E-state index contributed by atoms with van der Waals surface area (Å²) < 4.78 is 9.63. The molecule has 0 aromatic rings. The first-order valence-corrected chi connectivity index (χ1v) is 7.15. The van der Waals surface area contributed by atoms with Crippen LogP contribution in [-0.2, 0) is 28.7 Å². The minimum Gasteiger partial charge on any atom is -0.455 e. The second-order valence-corrected chi connectivity index (χ2v) is 6.31. The molecule has 0 atom stereocenters. The summed E-state index contributed by atoms with van der Waals surface area (Å²) in [6.45, 7) is 12.6. The van der Waals surface area contributed by atoms with E-state index in [1.807, 2.05) is 0 Å². The highest BCUT2D eigenvalue weighted by atomic mass is 16.6. The third-order valence-corrected chi connectivity index (χ3v) is 2.59. The molecule has 2 N–H and O–H groups in total. The van der Waals surface area contributed by atoms with Crippen LogP contribution in [0, 0.1) is 0 Å². The van der Waals surface area contributed by atoms with Gasteiger partial charge in [0.15, 0.2) is 0 Å². The van der Waals surface area contributed by atoms with Crippen molar-refractivity contribution in [1.82, 2.24) is 10.6 Å². The maximum absolute atomic E-state index is 11.6. The topological polar surface area (TPSA) is 111 Å². The first-order valence-electron chi connectivity index (χ1n) is 7.15. The molecule has 0 aliphatic rings. The monoisotopic (exact) mass is 340 g/mol. The molecule has 0 aliphatic heterocycles. The van der Waals surface area contributed by atoms with Crippen LogP contribution < -0.4 is 10.6 Å². The molecule has 8 heteroatoms. The Bertz CT molecular complexity index is 489. The lowest BCUT2D eigenvalue weighted by atomic mass is 10.1. The molecule has 134 valence electrons. The second kappa shape index (κ2) is 8.85. The number of rotatable bonds is 8. The van der Waals surface area contributed by atoms with Gasteiger partial charge in [-0.05, 0) is 39.8 Å². The summed E-state index contributed by atoms with van der Waals surface area (Å²) >= 11 is 0. The van der Waals surface area contributed by atoms with Crippen molar-refractivity contribution in [3.05, 3.63) is 25.3 Å². The van der Waals surface area contributed by atoms with Crippen LogP contribution in [0.4, 0.5) is 0 Å². The molecule has 24 heavy (non-hydrogen) atoms. The van der Waals surface area contributed by atoms with Crippen molar-refractivity contribution in [3.63, 3.8) is 0 Å². The largest absolute Gasteiger partial charge is 0.455 e. The van der Waals surface area contributed by atoms with Crippen molar-refractivity contribution in [1.29, 1.82) is 0 Å². The number of hydrogen-bond acceptors (Lipinski definition) is 6. The Morgan fingerprint density at radius 3 is 1.33 bits per heavy atom. The van der Waals surface area contributed by atoms with Gasteiger partial charge in [0.1, 0.15) is 13.2 Å². The first kappa shape index (κ1) is 21.4. The van der Waals surface area contributed by atoms with E-state index >= 15 is 0 Å². The van der Waals surface area contributed by atoms with Gasteiger partial charge in [-0.2, -0.15) is 0 Å². The summed E-state index contributed by atoms with van der Waals surface area (Å²) in [7, 11) is 0. The average Bonchev–Trinajstić information content (AvgIpc) is 2.49. The molecular weight excluding hydrogens is 316 g/mol. The Morgan fingerprint density at radius 2 is 1.08 bits per heavy atom. The molecule has 0 bridgehead atoms. The molecular formula is C16H24N2O6. The van der Waals surface area contributed by atoms with Gasteiger partial charge in [0.25, 0.3) is 0 Å². The van der Waals surface area contributed by atoms with Gasteiger partial charge in [-0.3, -0.25) is 9.59 Å². The Labute approximate surface area is 141 Å². The van der Waals surface area contributed by atoms with Gasteiger partial charge in [-0.1, -0.05) is 13.2 Å². The third-order valence-electron chi connectivity index (χ3n) is 2.59. The van der Waals surface area contributed by atoms with Crippen LogP contribution in [0.1, 0.15) is 27.7 Å². The zero-order valence-electron chi connectivity index (χ0n) is 14.4. The quantitative estimate of drug-likeness (QED) is 0.372. The van der Waals surface area contributed by atoms with E-state index < -0.39 is 34.8 Å². The van der Waals surface area contributed by atoms with Gasteiger partial charge in [-0.15, -0.1) is 0 Å². The molecule has 0 unspecified atom stereocenters.